The first-order valence-corrected chi connectivity index (χ1v) is 7.91. The van der Waals surface area contributed by atoms with Crippen LogP contribution in [0, 0.1) is 0 Å². The summed E-state index contributed by atoms with van der Waals surface area (Å²) in [4.78, 5) is 0. The second-order valence-electron chi connectivity index (χ2n) is 5.98. The highest BCUT2D eigenvalue weighted by Crippen LogP contribution is 2.29. The van der Waals surface area contributed by atoms with Crippen LogP contribution in [0.2, 0.25) is 0 Å². The van der Waals surface area contributed by atoms with Crippen molar-refractivity contribution >= 4 is 0 Å². The maximum Gasteiger partial charge on any atom is 0.0654 e. The van der Waals surface area contributed by atoms with Crippen LogP contribution in [0.4, 0.5) is 0 Å². The first-order chi connectivity index (χ1) is 8.27. The molecule has 1 atom stereocenters. The molecule has 0 aromatic carbocycles. The fraction of sp³-hybridized carbons (Fsp3) is 1.00. The van der Waals surface area contributed by atoms with Crippen molar-refractivity contribution in [1.82, 2.24) is 0 Å². The van der Waals surface area contributed by atoms with E-state index >= 15 is 0 Å². The third-order valence-corrected chi connectivity index (χ3v) is 4.11. The van der Waals surface area contributed by atoms with Crippen molar-refractivity contribution in [1.29, 1.82) is 0 Å². The summed E-state index contributed by atoms with van der Waals surface area (Å²) in [6.45, 7) is 5.59. The molecule has 0 bridgehead atoms. The molecular formula is C16H32O. The van der Waals surface area contributed by atoms with Gasteiger partial charge in [-0.2, -0.15) is 0 Å². The Morgan fingerprint density at radius 1 is 0.882 bits per heavy atom. The Labute approximate surface area is 108 Å². The summed E-state index contributed by atoms with van der Waals surface area (Å²) >= 11 is 0. The molecule has 0 aliphatic carbocycles. The van der Waals surface area contributed by atoms with Crippen LogP contribution in [-0.4, -0.2) is 12.2 Å². The van der Waals surface area contributed by atoms with Crippen LogP contribution in [-0.2, 0) is 4.74 Å². The standard InChI is InChI=1S/C16H32O/c1-3-4-5-6-7-8-9-10-13-16(2)14-11-12-15-17-16/h3-15H2,1-2H3. The predicted molar refractivity (Wildman–Crippen MR) is 75.4 cm³/mol. The van der Waals surface area contributed by atoms with Gasteiger partial charge in [-0.15, -0.1) is 0 Å². The van der Waals surface area contributed by atoms with Crippen molar-refractivity contribution in [3.8, 4) is 0 Å². The molecule has 1 unspecified atom stereocenters. The lowest BCUT2D eigenvalue weighted by Gasteiger charge is -2.34. The molecule has 102 valence electrons. The summed E-state index contributed by atoms with van der Waals surface area (Å²) in [5.74, 6) is 0. The van der Waals surface area contributed by atoms with Gasteiger partial charge in [-0.25, -0.2) is 0 Å². The SMILES string of the molecule is CCCCCCCCCCC1(C)CCCCO1. The van der Waals surface area contributed by atoms with E-state index in [0.29, 0.717) is 0 Å². The highest BCUT2D eigenvalue weighted by atomic mass is 16.5. The molecule has 1 aliphatic rings. The highest BCUT2D eigenvalue weighted by molar-refractivity contribution is 4.78. The lowest BCUT2D eigenvalue weighted by Crippen LogP contribution is -2.32. The van der Waals surface area contributed by atoms with E-state index in [0.717, 1.165) is 6.61 Å². The molecule has 0 radical (unpaired) electrons. The molecule has 0 saturated carbocycles. The third kappa shape index (κ3) is 7.08. The first-order valence-electron chi connectivity index (χ1n) is 7.91. The summed E-state index contributed by atoms with van der Waals surface area (Å²) < 4.78 is 5.93. The van der Waals surface area contributed by atoms with Gasteiger partial charge in [0.15, 0.2) is 0 Å². The van der Waals surface area contributed by atoms with Gasteiger partial charge in [0.25, 0.3) is 0 Å². The van der Waals surface area contributed by atoms with Crippen LogP contribution < -0.4 is 0 Å². The van der Waals surface area contributed by atoms with E-state index in [1.807, 2.05) is 0 Å². The molecule has 17 heavy (non-hydrogen) atoms. The zero-order valence-electron chi connectivity index (χ0n) is 12.1. The summed E-state index contributed by atoms with van der Waals surface area (Å²) in [6.07, 6.45) is 16.5. The van der Waals surface area contributed by atoms with Gasteiger partial charge in [-0.3, -0.25) is 0 Å². The highest BCUT2D eigenvalue weighted by Gasteiger charge is 2.26. The van der Waals surface area contributed by atoms with Gasteiger partial charge in [0.1, 0.15) is 0 Å². The predicted octanol–water partition coefficient (Wildman–Crippen LogP) is 5.48. The minimum atomic E-state index is 0.223. The normalized spacial score (nSPS) is 25.1. The second-order valence-corrected chi connectivity index (χ2v) is 5.98. The summed E-state index contributed by atoms with van der Waals surface area (Å²) in [6, 6.07) is 0. The summed E-state index contributed by atoms with van der Waals surface area (Å²) in [7, 11) is 0. The van der Waals surface area contributed by atoms with Crippen LogP contribution >= 0.6 is 0 Å². The number of rotatable bonds is 9. The average molecular weight is 240 g/mol. The van der Waals surface area contributed by atoms with Crippen LogP contribution in [0.15, 0.2) is 0 Å². The van der Waals surface area contributed by atoms with E-state index in [9.17, 15) is 0 Å². The van der Waals surface area contributed by atoms with Gasteiger partial charge in [0, 0.05) is 6.61 Å². The average Bonchev–Trinajstić information content (AvgIpc) is 2.33. The van der Waals surface area contributed by atoms with E-state index in [1.54, 1.807) is 0 Å². The quantitative estimate of drug-likeness (QED) is 0.485. The lowest BCUT2D eigenvalue weighted by atomic mass is 9.90. The fourth-order valence-corrected chi connectivity index (χ4v) is 2.82. The van der Waals surface area contributed by atoms with Crippen molar-refractivity contribution < 1.29 is 4.74 Å². The smallest absolute Gasteiger partial charge is 0.0654 e. The van der Waals surface area contributed by atoms with E-state index in [1.165, 1.54) is 77.0 Å². The lowest BCUT2D eigenvalue weighted by molar-refractivity contribution is -0.0713. The molecule has 1 fully saturated rings. The molecule has 1 heterocycles. The Morgan fingerprint density at radius 3 is 2.12 bits per heavy atom. The maximum atomic E-state index is 5.93. The Kier molecular flexibility index (Phi) is 7.92. The van der Waals surface area contributed by atoms with Gasteiger partial charge in [0.05, 0.1) is 5.60 Å². The van der Waals surface area contributed by atoms with Gasteiger partial charge in [-0.1, -0.05) is 58.3 Å². The zero-order chi connectivity index (χ0) is 12.4. The molecule has 1 nitrogen and oxygen atoms in total. The molecule has 1 aliphatic heterocycles. The largest absolute Gasteiger partial charge is 0.375 e. The molecule has 0 N–H and O–H groups in total. The summed E-state index contributed by atoms with van der Waals surface area (Å²) in [5, 5.41) is 0. The van der Waals surface area contributed by atoms with Crippen LogP contribution in [0.5, 0.6) is 0 Å². The Balaban J connectivity index is 1.89. The molecule has 1 heteroatoms. The van der Waals surface area contributed by atoms with Crippen molar-refractivity contribution in [2.24, 2.45) is 0 Å². The minimum Gasteiger partial charge on any atom is -0.375 e. The number of hydrogen-bond donors (Lipinski definition) is 0. The van der Waals surface area contributed by atoms with Crippen molar-refractivity contribution in [3.05, 3.63) is 0 Å². The maximum absolute atomic E-state index is 5.93. The number of unbranched alkanes of at least 4 members (excludes halogenated alkanes) is 7. The number of hydrogen-bond acceptors (Lipinski definition) is 1. The second kappa shape index (κ2) is 8.97. The Hall–Kier alpha value is -0.0400. The third-order valence-electron chi connectivity index (χ3n) is 4.11. The minimum absolute atomic E-state index is 0.223. The van der Waals surface area contributed by atoms with Gasteiger partial charge < -0.3 is 4.74 Å². The molecule has 1 saturated heterocycles. The molecular weight excluding hydrogens is 208 g/mol. The van der Waals surface area contributed by atoms with E-state index in [-0.39, 0.29) is 5.60 Å². The Morgan fingerprint density at radius 2 is 1.53 bits per heavy atom. The molecule has 1 rings (SSSR count). The van der Waals surface area contributed by atoms with Crippen LogP contribution in [0.1, 0.15) is 90.9 Å². The van der Waals surface area contributed by atoms with Gasteiger partial charge in [0.2, 0.25) is 0 Å². The molecule has 0 amide bonds. The van der Waals surface area contributed by atoms with Gasteiger partial charge in [-0.05, 0) is 32.6 Å². The Bertz CT molecular complexity index is 170. The van der Waals surface area contributed by atoms with E-state index in [2.05, 4.69) is 13.8 Å². The summed E-state index contributed by atoms with van der Waals surface area (Å²) in [5.41, 5.74) is 0.223. The van der Waals surface area contributed by atoms with Crippen molar-refractivity contribution in [3.63, 3.8) is 0 Å². The van der Waals surface area contributed by atoms with Crippen LogP contribution in [0.3, 0.4) is 0 Å². The topological polar surface area (TPSA) is 9.23 Å². The van der Waals surface area contributed by atoms with Crippen LogP contribution in [0.25, 0.3) is 0 Å². The number of ether oxygens (including phenoxy) is 1. The van der Waals surface area contributed by atoms with Gasteiger partial charge >= 0.3 is 0 Å². The zero-order valence-corrected chi connectivity index (χ0v) is 12.1. The first kappa shape index (κ1) is 15.0. The monoisotopic (exact) mass is 240 g/mol. The molecule has 0 aromatic heterocycles. The fourth-order valence-electron chi connectivity index (χ4n) is 2.82. The van der Waals surface area contributed by atoms with E-state index < -0.39 is 0 Å². The van der Waals surface area contributed by atoms with Crippen molar-refractivity contribution in [2.75, 3.05) is 6.61 Å². The van der Waals surface area contributed by atoms with Crippen molar-refractivity contribution in [2.45, 2.75) is 96.5 Å². The van der Waals surface area contributed by atoms with E-state index in [4.69, 9.17) is 4.74 Å². The molecule has 0 aromatic rings. The molecule has 0 spiro atoms.